The fourth-order valence-electron chi connectivity index (χ4n) is 0.993. The average Bonchev–Trinajstić information content (AvgIpc) is 2.31. The van der Waals surface area contributed by atoms with E-state index < -0.39 is 0 Å². The molecule has 2 nitrogen and oxygen atoms in total. The van der Waals surface area contributed by atoms with E-state index in [1.54, 1.807) is 0 Å². The molecule has 0 N–H and O–H groups in total. The lowest BCUT2D eigenvalue weighted by Gasteiger charge is -2.07. The summed E-state index contributed by atoms with van der Waals surface area (Å²) in [4.78, 5) is 6.71. The van der Waals surface area contributed by atoms with E-state index in [4.69, 9.17) is 0 Å². The molecule has 0 saturated heterocycles. The molecule has 3 heteroatoms. The molecule has 0 spiro atoms. The Morgan fingerprint density at radius 2 is 2.36 bits per heavy atom. The van der Waals surface area contributed by atoms with Crippen LogP contribution in [0.1, 0.15) is 13.3 Å². The summed E-state index contributed by atoms with van der Waals surface area (Å²) in [5, 5.41) is 1.34. The number of thioether (sulfide) groups is 1. The second-order valence-corrected chi connectivity index (χ2v) is 4.33. The van der Waals surface area contributed by atoms with Crippen LogP contribution in [-0.4, -0.2) is 42.4 Å². The molecule has 1 aliphatic rings. The zero-order valence-electron chi connectivity index (χ0n) is 7.50. The smallest absolute Gasteiger partial charge is 0.0693 e. The van der Waals surface area contributed by atoms with Crippen LogP contribution in [0.4, 0.5) is 0 Å². The Labute approximate surface area is 73.1 Å². The molecular weight excluding hydrogens is 156 g/mol. The van der Waals surface area contributed by atoms with E-state index in [2.05, 4.69) is 30.9 Å². The normalized spacial score (nSPS) is 24.4. The molecule has 1 heterocycles. The molecule has 0 saturated carbocycles. The van der Waals surface area contributed by atoms with Gasteiger partial charge < -0.3 is 4.90 Å². The van der Waals surface area contributed by atoms with Crippen molar-refractivity contribution < 1.29 is 0 Å². The van der Waals surface area contributed by atoms with Crippen LogP contribution in [-0.2, 0) is 0 Å². The highest BCUT2D eigenvalue weighted by Gasteiger charge is 2.12. The third-order valence-electron chi connectivity index (χ3n) is 1.63. The molecule has 1 atom stereocenters. The van der Waals surface area contributed by atoms with Gasteiger partial charge in [-0.05, 0) is 21.0 Å². The Hall–Kier alpha value is -0.0200. The van der Waals surface area contributed by atoms with Gasteiger partial charge in [-0.3, -0.25) is 4.99 Å². The van der Waals surface area contributed by atoms with E-state index in [9.17, 15) is 0 Å². The van der Waals surface area contributed by atoms with Crippen LogP contribution >= 0.6 is 11.8 Å². The molecule has 0 aromatic heterocycles. The standard InChI is InChI=1S/C8H16N2S/c1-7-6-11-8(9-7)4-5-10(2)3/h7H,4-6H2,1-3H3. The third-order valence-corrected chi connectivity index (χ3v) is 2.92. The molecule has 0 bridgehead atoms. The third kappa shape index (κ3) is 3.25. The van der Waals surface area contributed by atoms with Crippen LogP contribution in [0.2, 0.25) is 0 Å². The molecular formula is C8H16N2S. The summed E-state index contributed by atoms with van der Waals surface area (Å²) in [6.45, 7) is 3.30. The van der Waals surface area contributed by atoms with Gasteiger partial charge >= 0.3 is 0 Å². The van der Waals surface area contributed by atoms with Gasteiger partial charge in [0.25, 0.3) is 0 Å². The summed E-state index contributed by atoms with van der Waals surface area (Å²) < 4.78 is 0. The second-order valence-electron chi connectivity index (χ2n) is 3.24. The zero-order chi connectivity index (χ0) is 8.27. The Bertz CT molecular complexity index is 154. The van der Waals surface area contributed by atoms with Crippen molar-refractivity contribution in [2.24, 2.45) is 4.99 Å². The van der Waals surface area contributed by atoms with Crippen molar-refractivity contribution in [2.45, 2.75) is 19.4 Å². The molecule has 0 radical (unpaired) electrons. The molecule has 0 fully saturated rings. The molecule has 0 aliphatic carbocycles. The lowest BCUT2D eigenvalue weighted by atomic mass is 10.4. The number of aliphatic imine (C=N–C) groups is 1. The minimum absolute atomic E-state index is 0.553. The van der Waals surface area contributed by atoms with Gasteiger partial charge in [0.05, 0.1) is 11.1 Å². The van der Waals surface area contributed by atoms with Crippen molar-refractivity contribution in [2.75, 3.05) is 26.4 Å². The Morgan fingerprint density at radius 1 is 1.64 bits per heavy atom. The molecule has 64 valence electrons. The Balaban J connectivity index is 2.22. The first-order valence-electron chi connectivity index (χ1n) is 4.02. The summed E-state index contributed by atoms with van der Waals surface area (Å²) >= 11 is 1.92. The maximum Gasteiger partial charge on any atom is 0.0693 e. The van der Waals surface area contributed by atoms with Gasteiger partial charge in [-0.1, -0.05) is 0 Å². The number of rotatable bonds is 3. The van der Waals surface area contributed by atoms with E-state index in [0.717, 1.165) is 13.0 Å². The first-order chi connectivity index (χ1) is 5.18. The first-order valence-corrected chi connectivity index (χ1v) is 5.01. The summed E-state index contributed by atoms with van der Waals surface area (Å²) in [6, 6.07) is 0.553. The molecule has 0 aromatic carbocycles. The fourth-order valence-corrected chi connectivity index (χ4v) is 1.99. The van der Waals surface area contributed by atoms with Crippen LogP contribution in [0.5, 0.6) is 0 Å². The van der Waals surface area contributed by atoms with Crippen LogP contribution < -0.4 is 0 Å². The van der Waals surface area contributed by atoms with E-state index in [-0.39, 0.29) is 0 Å². The van der Waals surface area contributed by atoms with Crippen molar-refractivity contribution >= 4 is 16.8 Å². The van der Waals surface area contributed by atoms with Gasteiger partial charge in [-0.2, -0.15) is 0 Å². The minimum Gasteiger partial charge on any atom is -0.309 e. The van der Waals surface area contributed by atoms with Gasteiger partial charge in [0.1, 0.15) is 0 Å². The molecule has 11 heavy (non-hydrogen) atoms. The van der Waals surface area contributed by atoms with Crippen molar-refractivity contribution in [3.05, 3.63) is 0 Å². The lowest BCUT2D eigenvalue weighted by molar-refractivity contribution is 0.422. The maximum absolute atomic E-state index is 4.51. The zero-order valence-corrected chi connectivity index (χ0v) is 8.32. The molecule has 0 amide bonds. The molecule has 0 aromatic rings. The van der Waals surface area contributed by atoms with Gasteiger partial charge in [0, 0.05) is 18.7 Å². The minimum atomic E-state index is 0.553. The molecule has 1 aliphatic heterocycles. The highest BCUT2D eigenvalue weighted by molar-refractivity contribution is 8.14. The lowest BCUT2D eigenvalue weighted by Crippen LogP contribution is -2.14. The fraction of sp³-hybridized carbons (Fsp3) is 0.875. The van der Waals surface area contributed by atoms with Gasteiger partial charge in [0.2, 0.25) is 0 Å². The Kier molecular flexibility index (Phi) is 3.40. The van der Waals surface area contributed by atoms with Gasteiger partial charge in [-0.25, -0.2) is 0 Å². The number of nitrogens with zero attached hydrogens (tertiary/aromatic N) is 2. The average molecular weight is 172 g/mol. The van der Waals surface area contributed by atoms with Gasteiger partial charge in [0.15, 0.2) is 0 Å². The number of hydrogen-bond donors (Lipinski definition) is 0. The van der Waals surface area contributed by atoms with Crippen LogP contribution in [0.15, 0.2) is 4.99 Å². The highest BCUT2D eigenvalue weighted by atomic mass is 32.2. The Morgan fingerprint density at radius 3 is 2.82 bits per heavy atom. The van der Waals surface area contributed by atoms with E-state index in [1.165, 1.54) is 10.8 Å². The second kappa shape index (κ2) is 4.12. The van der Waals surface area contributed by atoms with Crippen molar-refractivity contribution in [3.8, 4) is 0 Å². The largest absolute Gasteiger partial charge is 0.309 e. The topological polar surface area (TPSA) is 15.6 Å². The predicted octanol–water partition coefficient (Wildman–Crippen LogP) is 1.47. The van der Waals surface area contributed by atoms with Crippen molar-refractivity contribution in [3.63, 3.8) is 0 Å². The SMILES string of the molecule is CC1CSC(CCN(C)C)=N1. The summed E-state index contributed by atoms with van der Waals surface area (Å²) in [6.07, 6.45) is 1.13. The summed E-state index contributed by atoms with van der Waals surface area (Å²) in [5.74, 6) is 1.18. The van der Waals surface area contributed by atoms with Crippen molar-refractivity contribution in [1.82, 2.24) is 4.90 Å². The molecule has 1 unspecified atom stereocenters. The van der Waals surface area contributed by atoms with Gasteiger partial charge in [-0.15, -0.1) is 11.8 Å². The summed E-state index contributed by atoms with van der Waals surface area (Å²) in [5.41, 5.74) is 0. The quantitative estimate of drug-likeness (QED) is 0.640. The van der Waals surface area contributed by atoms with Crippen molar-refractivity contribution in [1.29, 1.82) is 0 Å². The summed E-state index contributed by atoms with van der Waals surface area (Å²) in [7, 11) is 4.20. The predicted molar refractivity (Wildman–Crippen MR) is 52.5 cm³/mol. The van der Waals surface area contributed by atoms with Crippen LogP contribution in [0, 0.1) is 0 Å². The van der Waals surface area contributed by atoms with E-state index in [0.29, 0.717) is 6.04 Å². The van der Waals surface area contributed by atoms with E-state index >= 15 is 0 Å². The van der Waals surface area contributed by atoms with Crippen LogP contribution in [0.25, 0.3) is 0 Å². The maximum atomic E-state index is 4.51. The first kappa shape index (κ1) is 9.07. The number of hydrogen-bond acceptors (Lipinski definition) is 3. The van der Waals surface area contributed by atoms with Crippen LogP contribution in [0.3, 0.4) is 0 Å². The molecule has 1 rings (SSSR count). The highest BCUT2D eigenvalue weighted by Crippen LogP contribution is 2.19. The monoisotopic (exact) mass is 172 g/mol. The van der Waals surface area contributed by atoms with E-state index in [1.807, 2.05) is 11.8 Å².